The summed E-state index contributed by atoms with van der Waals surface area (Å²) in [5.74, 6) is 0.382. The van der Waals surface area contributed by atoms with Gasteiger partial charge in [-0.15, -0.1) is 0 Å². The van der Waals surface area contributed by atoms with Crippen molar-refractivity contribution < 1.29 is 9.53 Å². The van der Waals surface area contributed by atoms with Crippen molar-refractivity contribution in [2.75, 3.05) is 18.5 Å². The summed E-state index contributed by atoms with van der Waals surface area (Å²) < 4.78 is 5.50. The molecule has 0 spiro atoms. The van der Waals surface area contributed by atoms with Crippen LogP contribution in [0.4, 0.5) is 11.5 Å². The normalized spacial score (nSPS) is 17.0. The van der Waals surface area contributed by atoms with Gasteiger partial charge in [0.15, 0.2) is 0 Å². The first kappa shape index (κ1) is 15.4. The Morgan fingerprint density at radius 2 is 2.22 bits per heavy atom. The molecule has 0 bridgehead atoms. The number of amides is 1. The largest absolute Gasteiger partial charge is 0.376 e. The van der Waals surface area contributed by atoms with Crippen molar-refractivity contribution in [3.05, 3.63) is 47.9 Å². The summed E-state index contributed by atoms with van der Waals surface area (Å²) in [6, 6.07) is 9.56. The molecule has 2 aromatic rings. The molecule has 1 fully saturated rings. The monoisotopic (exact) mass is 312 g/mol. The fourth-order valence-electron chi connectivity index (χ4n) is 2.50. The molecule has 1 aliphatic heterocycles. The number of hydrogen-bond donors (Lipinski definition) is 2. The third kappa shape index (κ3) is 4.04. The number of ether oxygens (including phenoxy) is 1. The maximum atomic E-state index is 12.2. The Hall–Kier alpha value is -2.47. The van der Waals surface area contributed by atoms with Crippen LogP contribution >= 0.6 is 0 Å². The van der Waals surface area contributed by atoms with Crippen LogP contribution < -0.4 is 10.6 Å². The minimum Gasteiger partial charge on any atom is -0.376 e. The molecule has 2 N–H and O–H groups in total. The molecular weight excluding hydrogens is 292 g/mol. The fraction of sp³-hybridized carbons (Fsp3) is 0.353. The van der Waals surface area contributed by atoms with Gasteiger partial charge in [-0.1, -0.05) is 18.2 Å². The number of nitrogens with one attached hydrogen (secondary N) is 2. The Kier molecular flexibility index (Phi) is 4.83. The van der Waals surface area contributed by atoms with Crippen LogP contribution in [0.3, 0.4) is 0 Å². The highest BCUT2D eigenvalue weighted by molar-refractivity contribution is 5.93. The average molecular weight is 312 g/mol. The molecule has 0 aliphatic carbocycles. The highest BCUT2D eigenvalue weighted by Gasteiger charge is 2.17. The van der Waals surface area contributed by atoms with Gasteiger partial charge in [-0.2, -0.15) is 0 Å². The van der Waals surface area contributed by atoms with Crippen LogP contribution in [0.15, 0.2) is 36.7 Å². The molecule has 6 nitrogen and oxygen atoms in total. The van der Waals surface area contributed by atoms with Crippen LogP contribution in [0, 0.1) is 6.92 Å². The molecule has 1 saturated heterocycles. The maximum absolute atomic E-state index is 12.2. The van der Waals surface area contributed by atoms with Crippen molar-refractivity contribution in [2.45, 2.75) is 25.9 Å². The standard InChI is InChI=1S/C17H20N4O2/c1-12-5-2-3-7-14(12)21-16-9-15(19-11-20-16)17(22)18-10-13-6-4-8-23-13/h2-3,5,7,9,11,13H,4,6,8,10H2,1H3,(H,18,22)(H,19,20,21). The van der Waals surface area contributed by atoms with Gasteiger partial charge >= 0.3 is 0 Å². The highest BCUT2D eigenvalue weighted by Crippen LogP contribution is 2.18. The molecule has 1 aromatic carbocycles. The smallest absolute Gasteiger partial charge is 0.270 e. The minimum atomic E-state index is -0.212. The van der Waals surface area contributed by atoms with E-state index in [2.05, 4.69) is 20.6 Å². The number of para-hydroxylation sites is 1. The second kappa shape index (κ2) is 7.19. The molecule has 120 valence electrons. The summed E-state index contributed by atoms with van der Waals surface area (Å²) in [6.45, 7) is 3.31. The van der Waals surface area contributed by atoms with Gasteiger partial charge in [0.2, 0.25) is 0 Å². The zero-order valence-electron chi connectivity index (χ0n) is 13.1. The van der Waals surface area contributed by atoms with E-state index in [1.54, 1.807) is 6.07 Å². The third-order valence-electron chi connectivity index (χ3n) is 3.82. The number of aryl methyl sites for hydroxylation is 1. The Bertz CT molecular complexity index is 684. The SMILES string of the molecule is Cc1ccccc1Nc1cc(C(=O)NCC2CCCO2)ncn1. The summed E-state index contributed by atoms with van der Waals surface area (Å²) in [6.07, 6.45) is 3.55. The maximum Gasteiger partial charge on any atom is 0.270 e. The molecule has 1 unspecified atom stereocenters. The Morgan fingerprint density at radius 3 is 3.00 bits per heavy atom. The van der Waals surface area contributed by atoms with E-state index < -0.39 is 0 Å². The average Bonchev–Trinajstić information content (AvgIpc) is 3.08. The first-order valence-electron chi connectivity index (χ1n) is 7.77. The summed E-state index contributed by atoms with van der Waals surface area (Å²) in [7, 11) is 0. The van der Waals surface area contributed by atoms with Gasteiger partial charge in [0.25, 0.3) is 5.91 Å². The number of hydrogen-bond acceptors (Lipinski definition) is 5. The van der Waals surface area contributed by atoms with Crippen molar-refractivity contribution in [1.82, 2.24) is 15.3 Å². The van der Waals surface area contributed by atoms with Crippen molar-refractivity contribution in [3.63, 3.8) is 0 Å². The second-order valence-electron chi connectivity index (χ2n) is 5.57. The predicted octanol–water partition coefficient (Wildman–Crippen LogP) is 2.44. The summed E-state index contributed by atoms with van der Waals surface area (Å²) in [5, 5.41) is 6.07. The molecule has 2 heterocycles. The first-order chi connectivity index (χ1) is 11.2. The number of anilines is 2. The number of carbonyl (C=O) groups excluding carboxylic acids is 1. The van der Waals surface area contributed by atoms with E-state index in [1.165, 1.54) is 6.33 Å². The molecule has 0 saturated carbocycles. The Balaban J connectivity index is 1.64. The van der Waals surface area contributed by atoms with Gasteiger partial charge in [0, 0.05) is 24.9 Å². The molecule has 1 amide bonds. The van der Waals surface area contributed by atoms with Gasteiger partial charge in [0.1, 0.15) is 17.8 Å². The minimum absolute atomic E-state index is 0.116. The number of rotatable bonds is 5. The predicted molar refractivity (Wildman–Crippen MR) is 87.8 cm³/mol. The quantitative estimate of drug-likeness (QED) is 0.887. The lowest BCUT2D eigenvalue weighted by molar-refractivity contribution is 0.0853. The Morgan fingerprint density at radius 1 is 1.35 bits per heavy atom. The molecule has 1 aliphatic rings. The van der Waals surface area contributed by atoms with Crippen LogP contribution in [0.5, 0.6) is 0 Å². The molecule has 1 atom stereocenters. The molecule has 23 heavy (non-hydrogen) atoms. The van der Waals surface area contributed by atoms with E-state index in [1.807, 2.05) is 31.2 Å². The van der Waals surface area contributed by atoms with Crippen molar-refractivity contribution >= 4 is 17.4 Å². The van der Waals surface area contributed by atoms with Gasteiger partial charge in [-0.25, -0.2) is 9.97 Å². The third-order valence-corrected chi connectivity index (χ3v) is 3.82. The van der Waals surface area contributed by atoms with Gasteiger partial charge in [0.05, 0.1) is 6.10 Å². The number of aromatic nitrogens is 2. The zero-order chi connectivity index (χ0) is 16.1. The van der Waals surface area contributed by atoms with Crippen LogP contribution in [-0.2, 0) is 4.74 Å². The van der Waals surface area contributed by atoms with Crippen molar-refractivity contribution in [2.24, 2.45) is 0 Å². The fourth-order valence-corrected chi connectivity index (χ4v) is 2.50. The molecule has 1 aromatic heterocycles. The van der Waals surface area contributed by atoms with E-state index in [0.29, 0.717) is 18.1 Å². The van der Waals surface area contributed by atoms with E-state index in [9.17, 15) is 4.79 Å². The van der Waals surface area contributed by atoms with Crippen LogP contribution in [0.2, 0.25) is 0 Å². The first-order valence-corrected chi connectivity index (χ1v) is 7.77. The topological polar surface area (TPSA) is 76.1 Å². The van der Waals surface area contributed by atoms with E-state index in [0.717, 1.165) is 30.7 Å². The van der Waals surface area contributed by atoms with Gasteiger partial charge in [-0.3, -0.25) is 4.79 Å². The summed E-state index contributed by atoms with van der Waals surface area (Å²) in [4.78, 5) is 20.4. The van der Waals surface area contributed by atoms with E-state index in [-0.39, 0.29) is 12.0 Å². The summed E-state index contributed by atoms with van der Waals surface area (Å²) >= 11 is 0. The number of carbonyl (C=O) groups is 1. The number of nitrogens with zero attached hydrogens (tertiary/aromatic N) is 2. The van der Waals surface area contributed by atoms with Gasteiger partial charge < -0.3 is 15.4 Å². The lowest BCUT2D eigenvalue weighted by atomic mass is 10.2. The highest BCUT2D eigenvalue weighted by atomic mass is 16.5. The van der Waals surface area contributed by atoms with Crippen molar-refractivity contribution in [1.29, 1.82) is 0 Å². The lowest BCUT2D eigenvalue weighted by Crippen LogP contribution is -2.32. The molecule has 6 heteroatoms. The second-order valence-corrected chi connectivity index (χ2v) is 5.57. The van der Waals surface area contributed by atoms with Crippen molar-refractivity contribution in [3.8, 4) is 0 Å². The van der Waals surface area contributed by atoms with Crippen LogP contribution in [0.25, 0.3) is 0 Å². The van der Waals surface area contributed by atoms with E-state index in [4.69, 9.17) is 4.74 Å². The molecule has 0 radical (unpaired) electrons. The lowest BCUT2D eigenvalue weighted by Gasteiger charge is -2.11. The van der Waals surface area contributed by atoms with E-state index >= 15 is 0 Å². The van der Waals surface area contributed by atoms with Crippen LogP contribution in [-0.4, -0.2) is 35.1 Å². The zero-order valence-corrected chi connectivity index (χ0v) is 13.1. The molecule has 3 rings (SSSR count). The van der Waals surface area contributed by atoms with Gasteiger partial charge in [-0.05, 0) is 31.4 Å². The van der Waals surface area contributed by atoms with Crippen LogP contribution in [0.1, 0.15) is 28.9 Å². The molecular formula is C17H20N4O2. The number of benzene rings is 1. The Labute approximate surface area is 135 Å². The summed E-state index contributed by atoms with van der Waals surface area (Å²) in [5.41, 5.74) is 2.40.